The van der Waals surface area contributed by atoms with Gasteiger partial charge in [0.1, 0.15) is 4.60 Å². The van der Waals surface area contributed by atoms with Crippen LogP contribution < -0.4 is 5.32 Å². The molecule has 19 heavy (non-hydrogen) atoms. The molecule has 2 rings (SSSR count). The number of carbonyl (C=O) groups is 2. The lowest BCUT2D eigenvalue weighted by molar-refractivity contribution is -0.143. The molecule has 0 spiro atoms. The Kier molecular flexibility index (Phi) is 4.52. The number of carboxylic acid groups (broad SMARTS) is 1. The molecule has 0 aliphatic heterocycles. The van der Waals surface area contributed by atoms with Gasteiger partial charge in [-0.25, -0.2) is 4.98 Å². The average Bonchev–Trinajstić information content (AvgIpc) is 2.39. The number of aliphatic carboxylic acids is 1. The predicted octanol–water partition coefficient (Wildman–Crippen LogP) is 2.22. The highest BCUT2D eigenvalue weighted by Crippen LogP contribution is 2.25. The van der Waals surface area contributed by atoms with Crippen LogP contribution in [0.5, 0.6) is 0 Å². The van der Waals surface area contributed by atoms with E-state index in [-0.39, 0.29) is 17.9 Å². The summed E-state index contributed by atoms with van der Waals surface area (Å²) in [5.74, 6) is -1.34. The molecule has 1 aromatic heterocycles. The van der Waals surface area contributed by atoms with Crippen LogP contribution in [0, 0.1) is 5.92 Å². The zero-order valence-corrected chi connectivity index (χ0v) is 11.9. The van der Waals surface area contributed by atoms with Gasteiger partial charge in [0.05, 0.1) is 11.5 Å². The van der Waals surface area contributed by atoms with Crippen molar-refractivity contribution in [1.82, 2.24) is 10.3 Å². The predicted molar refractivity (Wildman–Crippen MR) is 72.8 cm³/mol. The van der Waals surface area contributed by atoms with Crippen molar-refractivity contribution in [3.63, 3.8) is 0 Å². The van der Waals surface area contributed by atoms with Crippen LogP contribution in [0.1, 0.15) is 36.0 Å². The molecule has 102 valence electrons. The second-order valence-corrected chi connectivity index (χ2v) is 5.47. The lowest BCUT2D eigenvalue weighted by Gasteiger charge is -2.27. The van der Waals surface area contributed by atoms with Gasteiger partial charge in [-0.1, -0.05) is 6.42 Å². The van der Waals surface area contributed by atoms with Crippen molar-refractivity contribution in [1.29, 1.82) is 0 Å². The van der Waals surface area contributed by atoms with Gasteiger partial charge in [-0.3, -0.25) is 9.59 Å². The molecular weight excluding hydrogens is 312 g/mol. The van der Waals surface area contributed by atoms with Gasteiger partial charge in [-0.2, -0.15) is 0 Å². The zero-order valence-electron chi connectivity index (χ0n) is 10.3. The number of nitrogens with one attached hydrogen (secondary N) is 1. The molecule has 2 unspecified atom stereocenters. The number of carboxylic acids is 1. The quantitative estimate of drug-likeness (QED) is 0.835. The second-order valence-electron chi connectivity index (χ2n) is 4.71. The number of pyridine rings is 1. The molecular formula is C13H15BrN2O3. The molecule has 5 nitrogen and oxygen atoms in total. The monoisotopic (exact) mass is 326 g/mol. The van der Waals surface area contributed by atoms with Crippen LogP contribution in [0.25, 0.3) is 0 Å². The molecule has 0 bridgehead atoms. The van der Waals surface area contributed by atoms with Crippen LogP contribution in [0.2, 0.25) is 0 Å². The van der Waals surface area contributed by atoms with Gasteiger partial charge < -0.3 is 10.4 Å². The van der Waals surface area contributed by atoms with Crippen LogP contribution in [-0.2, 0) is 4.79 Å². The minimum absolute atomic E-state index is 0.0746. The smallest absolute Gasteiger partial charge is 0.306 e. The summed E-state index contributed by atoms with van der Waals surface area (Å²) in [6.07, 6.45) is 4.45. The van der Waals surface area contributed by atoms with E-state index in [2.05, 4.69) is 26.2 Å². The first-order valence-corrected chi connectivity index (χ1v) is 7.01. The van der Waals surface area contributed by atoms with Gasteiger partial charge in [0, 0.05) is 12.2 Å². The fraction of sp³-hybridized carbons (Fsp3) is 0.462. The largest absolute Gasteiger partial charge is 0.481 e. The molecule has 0 aromatic carbocycles. The second kappa shape index (κ2) is 6.14. The SMILES string of the molecule is O=C(NC1CCCC(C(=O)O)C1)c1cccnc1Br. The standard InChI is InChI=1S/C13H15BrN2O3/c14-11-10(5-2-6-15-11)12(17)16-9-4-1-3-8(7-9)13(18)19/h2,5-6,8-9H,1,3-4,7H2,(H,16,17)(H,18,19). The number of amides is 1. The normalized spacial score (nSPS) is 22.8. The van der Waals surface area contributed by atoms with Crippen molar-refractivity contribution in [2.24, 2.45) is 5.92 Å². The summed E-state index contributed by atoms with van der Waals surface area (Å²) < 4.78 is 0.498. The maximum atomic E-state index is 12.1. The Morgan fingerprint density at radius 1 is 1.42 bits per heavy atom. The molecule has 1 amide bonds. The third-order valence-electron chi connectivity index (χ3n) is 3.36. The van der Waals surface area contributed by atoms with Gasteiger partial charge >= 0.3 is 5.97 Å². The molecule has 0 saturated heterocycles. The lowest BCUT2D eigenvalue weighted by atomic mass is 9.85. The molecule has 1 aromatic rings. The van der Waals surface area contributed by atoms with Gasteiger partial charge in [0.15, 0.2) is 0 Å². The van der Waals surface area contributed by atoms with Crippen LogP contribution in [-0.4, -0.2) is 28.0 Å². The Morgan fingerprint density at radius 2 is 2.21 bits per heavy atom. The number of nitrogens with zero attached hydrogens (tertiary/aromatic N) is 1. The number of halogens is 1. The number of carbonyl (C=O) groups excluding carboxylic acids is 1. The van der Waals surface area contributed by atoms with Crippen LogP contribution >= 0.6 is 15.9 Å². The lowest BCUT2D eigenvalue weighted by Crippen LogP contribution is -2.40. The molecule has 2 atom stereocenters. The van der Waals surface area contributed by atoms with E-state index in [0.29, 0.717) is 23.0 Å². The third-order valence-corrected chi connectivity index (χ3v) is 3.99. The molecule has 6 heteroatoms. The van der Waals surface area contributed by atoms with Crippen molar-refractivity contribution >= 4 is 27.8 Å². The number of aromatic nitrogens is 1. The molecule has 1 aliphatic carbocycles. The van der Waals surface area contributed by atoms with Crippen LogP contribution in [0.3, 0.4) is 0 Å². The maximum absolute atomic E-state index is 12.1. The van der Waals surface area contributed by atoms with E-state index >= 15 is 0 Å². The minimum atomic E-state index is -0.776. The Hall–Kier alpha value is -1.43. The summed E-state index contributed by atoms with van der Waals surface area (Å²) in [5, 5.41) is 11.9. The highest BCUT2D eigenvalue weighted by Gasteiger charge is 2.28. The molecule has 1 saturated carbocycles. The number of hydrogen-bond donors (Lipinski definition) is 2. The van der Waals surface area contributed by atoms with E-state index in [1.54, 1.807) is 18.3 Å². The van der Waals surface area contributed by atoms with Crippen LogP contribution in [0.4, 0.5) is 0 Å². The molecule has 1 heterocycles. The van der Waals surface area contributed by atoms with E-state index in [4.69, 9.17) is 5.11 Å². The summed E-state index contributed by atoms with van der Waals surface area (Å²) in [4.78, 5) is 27.1. The summed E-state index contributed by atoms with van der Waals surface area (Å²) in [5.41, 5.74) is 0.472. The molecule has 0 radical (unpaired) electrons. The summed E-state index contributed by atoms with van der Waals surface area (Å²) in [6, 6.07) is 3.30. The van der Waals surface area contributed by atoms with Crippen molar-refractivity contribution in [3.05, 3.63) is 28.5 Å². The Morgan fingerprint density at radius 3 is 2.89 bits per heavy atom. The van der Waals surface area contributed by atoms with E-state index in [1.807, 2.05) is 0 Å². The Balaban J connectivity index is 1.99. The number of rotatable bonds is 3. The van der Waals surface area contributed by atoms with Crippen molar-refractivity contribution < 1.29 is 14.7 Å². The highest BCUT2D eigenvalue weighted by molar-refractivity contribution is 9.10. The summed E-state index contributed by atoms with van der Waals surface area (Å²) >= 11 is 3.23. The third kappa shape index (κ3) is 3.53. The molecule has 1 fully saturated rings. The van der Waals surface area contributed by atoms with E-state index < -0.39 is 5.97 Å². The first-order chi connectivity index (χ1) is 9.08. The Bertz CT molecular complexity index is 493. The molecule has 2 N–H and O–H groups in total. The van der Waals surface area contributed by atoms with Crippen molar-refractivity contribution in [2.45, 2.75) is 31.7 Å². The van der Waals surface area contributed by atoms with Crippen molar-refractivity contribution in [2.75, 3.05) is 0 Å². The van der Waals surface area contributed by atoms with E-state index in [0.717, 1.165) is 12.8 Å². The Labute approximate surface area is 119 Å². The van der Waals surface area contributed by atoms with Gasteiger partial charge in [0.25, 0.3) is 5.91 Å². The van der Waals surface area contributed by atoms with Crippen molar-refractivity contribution in [3.8, 4) is 0 Å². The maximum Gasteiger partial charge on any atom is 0.306 e. The van der Waals surface area contributed by atoms with Gasteiger partial charge in [0.2, 0.25) is 0 Å². The summed E-state index contributed by atoms with van der Waals surface area (Å²) in [7, 11) is 0. The van der Waals surface area contributed by atoms with E-state index in [9.17, 15) is 9.59 Å². The minimum Gasteiger partial charge on any atom is -0.481 e. The average molecular weight is 327 g/mol. The summed E-state index contributed by atoms with van der Waals surface area (Å²) in [6.45, 7) is 0. The van der Waals surface area contributed by atoms with Gasteiger partial charge in [-0.15, -0.1) is 0 Å². The first kappa shape index (κ1) is 14.0. The first-order valence-electron chi connectivity index (χ1n) is 6.22. The highest BCUT2D eigenvalue weighted by atomic mass is 79.9. The molecule has 1 aliphatic rings. The zero-order chi connectivity index (χ0) is 13.8. The number of hydrogen-bond acceptors (Lipinski definition) is 3. The fourth-order valence-corrected chi connectivity index (χ4v) is 2.79. The van der Waals surface area contributed by atoms with E-state index in [1.165, 1.54) is 0 Å². The topological polar surface area (TPSA) is 79.3 Å². The fourth-order valence-electron chi connectivity index (χ4n) is 2.36. The van der Waals surface area contributed by atoms with Crippen LogP contribution in [0.15, 0.2) is 22.9 Å². The van der Waals surface area contributed by atoms with Gasteiger partial charge in [-0.05, 0) is 47.3 Å².